The molecule has 0 radical (unpaired) electrons. The van der Waals surface area contributed by atoms with Crippen molar-refractivity contribution in [3.8, 4) is 5.75 Å². The predicted molar refractivity (Wildman–Crippen MR) is 64.6 cm³/mol. The van der Waals surface area contributed by atoms with Crippen molar-refractivity contribution in [2.45, 2.75) is 13.8 Å². The zero-order valence-corrected chi connectivity index (χ0v) is 10.4. The van der Waals surface area contributed by atoms with Crippen molar-refractivity contribution >= 4 is 11.6 Å². The number of halogens is 2. The molecule has 1 N–H and O–H groups in total. The van der Waals surface area contributed by atoms with E-state index in [1.54, 1.807) is 12.1 Å². The van der Waals surface area contributed by atoms with Gasteiger partial charge in [-0.3, -0.25) is 0 Å². The van der Waals surface area contributed by atoms with Gasteiger partial charge in [0.2, 0.25) is 0 Å². The number of nitrogens with one attached hydrogen (secondary N) is 1. The molecule has 0 spiro atoms. The highest BCUT2D eigenvalue weighted by molar-refractivity contribution is 6.32. The van der Waals surface area contributed by atoms with E-state index < -0.39 is 5.82 Å². The minimum atomic E-state index is -0.420. The molecular weight excluding hydrogens is 229 g/mol. The molecule has 0 aliphatic heterocycles. The van der Waals surface area contributed by atoms with E-state index in [9.17, 15) is 4.39 Å². The molecule has 16 heavy (non-hydrogen) atoms. The highest BCUT2D eigenvalue weighted by Gasteiger charge is 2.07. The minimum Gasteiger partial charge on any atom is -0.488 e. The normalized spacial score (nSPS) is 10.8. The van der Waals surface area contributed by atoms with E-state index in [4.69, 9.17) is 16.3 Å². The van der Waals surface area contributed by atoms with E-state index in [1.807, 2.05) is 0 Å². The van der Waals surface area contributed by atoms with Crippen LogP contribution in [-0.2, 0) is 0 Å². The van der Waals surface area contributed by atoms with E-state index >= 15 is 0 Å². The first kappa shape index (κ1) is 13.3. The molecule has 2 nitrogen and oxygen atoms in total. The summed E-state index contributed by atoms with van der Waals surface area (Å²) >= 11 is 5.81. The van der Waals surface area contributed by atoms with Crippen LogP contribution in [0.15, 0.2) is 18.2 Å². The fraction of sp³-hybridized carbons (Fsp3) is 0.500. The van der Waals surface area contributed by atoms with Crippen LogP contribution in [0.4, 0.5) is 4.39 Å². The fourth-order valence-electron chi connectivity index (χ4n) is 1.24. The zero-order chi connectivity index (χ0) is 12.0. The summed E-state index contributed by atoms with van der Waals surface area (Å²) in [5.41, 5.74) is 0. The molecule has 1 rings (SSSR count). The summed E-state index contributed by atoms with van der Waals surface area (Å²) < 4.78 is 18.5. The van der Waals surface area contributed by atoms with Crippen LogP contribution in [0.3, 0.4) is 0 Å². The Kier molecular flexibility index (Phi) is 5.56. The predicted octanol–water partition coefficient (Wildman–Crippen LogP) is 3.10. The largest absolute Gasteiger partial charge is 0.488 e. The van der Waals surface area contributed by atoms with Gasteiger partial charge in [0, 0.05) is 6.54 Å². The average molecular weight is 246 g/mol. The summed E-state index contributed by atoms with van der Waals surface area (Å²) in [6, 6.07) is 4.51. The van der Waals surface area contributed by atoms with Crippen molar-refractivity contribution in [2.24, 2.45) is 5.92 Å². The standard InChI is InChI=1S/C12H17ClFNO/c1-9(2)8-15-6-7-16-12-10(13)4-3-5-11(12)14/h3-5,9,15H,6-8H2,1-2H3. The van der Waals surface area contributed by atoms with Crippen molar-refractivity contribution in [2.75, 3.05) is 19.7 Å². The molecule has 0 saturated carbocycles. The maximum absolute atomic E-state index is 13.3. The van der Waals surface area contributed by atoms with Crippen LogP contribution in [0.1, 0.15) is 13.8 Å². The Labute approximate surface area is 101 Å². The first-order chi connectivity index (χ1) is 7.61. The van der Waals surface area contributed by atoms with Gasteiger partial charge in [0.1, 0.15) is 6.61 Å². The second-order valence-electron chi connectivity index (χ2n) is 4.00. The number of benzene rings is 1. The van der Waals surface area contributed by atoms with Gasteiger partial charge in [-0.25, -0.2) is 4.39 Å². The third kappa shape index (κ3) is 4.37. The van der Waals surface area contributed by atoms with Gasteiger partial charge in [0.25, 0.3) is 0 Å². The molecule has 0 aliphatic carbocycles. The molecule has 0 unspecified atom stereocenters. The van der Waals surface area contributed by atoms with Gasteiger partial charge < -0.3 is 10.1 Å². The van der Waals surface area contributed by atoms with Crippen LogP contribution in [0.2, 0.25) is 5.02 Å². The van der Waals surface area contributed by atoms with E-state index in [-0.39, 0.29) is 5.75 Å². The molecule has 0 saturated heterocycles. The summed E-state index contributed by atoms with van der Waals surface area (Å²) in [7, 11) is 0. The Hall–Kier alpha value is -0.800. The van der Waals surface area contributed by atoms with Crippen molar-refractivity contribution in [1.82, 2.24) is 5.32 Å². The summed E-state index contributed by atoms with van der Waals surface area (Å²) in [6.45, 7) is 6.27. The van der Waals surface area contributed by atoms with Crippen molar-refractivity contribution < 1.29 is 9.13 Å². The molecule has 0 atom stereocenters. The molecule has 0 aliphatic rings. The van der Waals surface area contributed by atoms with Gasteiger partial charge in [-0.2, -0.15) is 0 Å². The Morgan fingerprint density at radius 3 is 2.81 bits per heavy atom. The summed E-state index contributed by atoms with van der Waals surface area (Å²) in [6.07, 6.45) is 0. The third-order valence-electron chi connectivity index (χ3n) is 2.00. The van der Waals surface area contributed by atoms with Crippen LogP contribution >= 0.6 is 11.6 Å². The van der Waals surface area contributed by atoms with Crippen LogP contribution in [0.5, 0.6) is 5.75 Å². The fourth-order valence-corrected chi connectivity index (χ4v) is 1.45. The second kappa shape index (κ2) is 6.71. The molecular formula is C12H17ClFNO. The van der Waals surface area contributed by atoms with E-state index in [2.05, 4.69) is 19.2 Å². The minimum absolute atomic E-state index is 0.135. The maximum atomic E-state index is 13.3. The number of ether oxygens (including phenoxy) is 1. The monoisotopic (exact) mass is 245 g/mol. The van der Waals surface area contributed by atoms with Gasteiger partial charge in [-0.15, -0.1) is 0 Å². The molecule has 90 valence electrons. The summed E-state index contributed by atoms with van der Waals surface area (Å²) in [4.78, 5) is 0. The number of hydrogen-bond donors (Lipinski definition) is 1. The lowest BCUT2D eigenvalue weighted by molar-refractivity contribution is 0.296. The van der Waals surface area contributed by atoms with E-state index in [1.165, 1.54) is 6.07 Å². The van der Waals surface area contributed by atoms with Crippen molar-refractivity contribution in [1.29, 1.82) is 0 Å². The Bertz CT molecular complexity index is 311. The molecule has 0 aromatic heterocycles. The van der Waals surface area contributed by atoms with Gasteiger partial charge in [0.15, 0.2) is 11.6 Å². The summed E-state index contributed by atoms with van der Waals surface area (Å²) in [5.74, 6) is 0.309. The molecule has 0 fully saturated rings. The number of rotatable bonds is 6. The van der Waals surface area contributed by atoms with E-state index in [0.717, 1.165) is 6.54 Å². The van der Waals surface area contributed by atoms with Gasteiger partial charge in [-0.05, 0) is 24.6 Å². The lowest BCUT2D eigenvalue weighted by Crippen LogP contribution is -2.25. The Morgan fingerprint density at radius 1 is 1.44 bits per heavy atom. The molecule has 1 aromatic rings. The maximum Gasteiger partial charge on any atom is 0.173 e. The molecule has 1 aromatic carbocycles. The molecule has 0 amide bonds. The van der Waals surface area contributed by atoms with E-state index in [0.29, 0.717) is 24.1 Å². The Morgan fingerprint density at radius 2 is 2.19 bits per heavy atom. The average Bonchev–Trinajstić information content (AvgIpc) is 2.21. The Balaban J connectivity index is 2.32. The molecule has 0 bridgehead atoms. The topological polar surface area (TPSA) is 21.3 Å². The summed E-state index contributed by atoms with van der Waals surface area (Å²) in [5, 5.41) is 3.51. The lowest BCUT2D eigenvalue weighted by Gasteiger charge is -2.10. The van der Waals surface area contributed by atoms with Gasteiger partial charge in [-0.1, -0.05) is 31.5 Å². The van der Waals surface area contributed by atoms with Crippen molar-refractivity contribution in [3.05, 3.63) is 29.0 Å². The lowest BCUT2D eigenvalue weighted by atomic mass is 10.2. The number of hydrogen-bond acceptors (Lipinski definition) is 2. The van der Waals surface area contributed by atoms with Gasteiger partial charge in [0.05, 0.1) is 5.02 Å². The first-order valence-corrected chi connectivity index (χ1v) is 5.76. The molecule has 4 heteroatoms. The highest BCUT2D eigenvalue weighted by atomic mass is 35.5. The smallest absolute Gasteiger partial charge is 0.173 e. The third-order valence-corrected chi connectivity index (χ3v) is 2.29. The molecule has 0 heterocycles. The van der Waals surface area contributed by atoms with Gasteiger partial charge >= 0.3 is 0 Å². The quantitative estimate of drug-likeness (QED) is 0.778. The second-order valence-corrected chi connectivity index (χ2v) is 4.40. The van der Waals surface area contributed by atoms with Crippen LogP contribution in [0, 0.1) is 11.7 Å². The number of para-hydroxylation sites is 1. The zero-order valence-electron chi connectivity index (χ0n) is 9.59. The van der Waals surface area contributed by atoms with Crippen molar-refractivity contribution in [3.63, 3.8) is 0 Å². The van der Waals surface area contributed by atoms with Crippen LogP contribution in [0.25, 0.3) is 0 Å². The van der Waals surface area contributed by atoms with Crippen LogP contribution in [-0.4, -0.2) is 19.7 Å². The highest BCUT2D eigenvalue weighted by Crippen LogP contribution is 2.26. The SMILES string of the molecule is CC(C)CNCCOc1c(F)cccc1Cl. The first-order valence-electron chi connectivity index (χ1n) is 5.38. The van der Waals surface area contributed by atoms with Crippen LogP contribution < -0.4 is 10.1 Å².